The summed E-state index contributed by atoms with van der Waals surface area (Å²) >= 11 is 0. The number of nitrogens with one attached hydrogen (secondary N) is 2. The number of carbonyl (C=O) groups excluding carboxylic acids is 4. The van der Waals surface area contributed by atoms with E-state index < -0.39 is 57.5 Å². The minimum atomic E-state index is -2.50. The average Bonchev–Trinajstić information content (AvgIpc) is 2.69. The van der Waals surface area contributed by atoms with Gasteiger partial charge >= 0.3 is 40.9 Å². The molecule has 204 valence electrons. The monoisotopic (exact) mass is 568 g/mol. The van der Waals surface area contributed by atoms with Crippen LogP contribution in [0.15, 0.2) is 0 Å². The molecule has 0 unspecified atom stereocenters. The van der Waals surface area contributed by atoms with E-state index in [1.165, 1.54) is 14.2 Å². The van der Waals surface area contributed by atoms with Gasteiger partial charge in [0, 0.05) is 13.1 Å². The first-order chi connectivity index (χ1) is 15.9. The van der Waals surface area contributed by atoms with Crippen LogP contribution in [-0.4, -0.2) is 84.8 Å². The van der Waals surface area contributed by atoms with Crippen molar-refractivity contribution in [3.8, 4) is 0 Å². The number of carbonyl (C=O) groups is 4. The molecule has 0 rings (SSSR count). The lowest BCUT2D eigenvalue weighted by Gasteiger charge is -2.41. The lowest BCUT2D eigenvalue weighted by atomic mass is 10.4. The molecule has 0 aromatic carbocycles. The predicted molar refractivity (Wildman–Crippen MR) is 142 cm³/mol. The summed E-state index contributed by atoms with van der Waals surface area (Å²) in [5, 5.41) is 5.09. The maximum absolute atomic E-state index is 11.5. The largest absolute Gasteiger partial charge is 0.462 e. The summed E-state index contributed by atoms with van der Waals surface area (Å²) in [6.07, 6.45) is 1.38. The summed E-state index contributed by atoms with van der Waals surface area (Å²) in [7, 11) is -6.83. The Hall–Kier alpha value is -1.37. The Bertz CT molecular complexity index is 686. The van der Waals surface area contributed by atoms with Gasteiger partial charge in [-0.05, 0) is 77.3 Å². The number of hydrogen-bond acceptors (Lipinski definition) is 9. The summed E-state index contributed by atoms with van der Waals surface area (Å²) in [6.45, 7) is 17.3. The summed E-state index contributed by atoms with van der Waals surface area (Å²) < 4.78 is 28.4. The Balaban J connectivity index is 4.66. The first kappa shape index (κ1) is 33.6. The molecule has 0 bridgehead atoms. The highest BCUT2D eigenvalue weighted by molar-refractivity contribution is 6.89. The Morgan fingerprint density at radius 2 is 0.886 bits per heavy atom. The molecule has 2 N–H and O–H groups in total. The fourth-order valence-electron chi connectivity index (χ4n) is 3.83. The fraction of sp³-hybridized carbons (Fsp3) is 0.800. The van der Waals surface area contributed by atoms with Crippen molar-refractivity contribution in [2.45, 2.75) is 77.3 Å². The molecular formula is C20H44N2O9Si4. The molecule has 0 spiro atoms. The van der Waals surface area contributed by atoms with Crippen LogP contribution in [0.2, 0.25) is 64.5 Å². The van der Waals surface area contributed by atoms with Crippen molar-refractivity contribution < 1.29 is 41.0 Å². The van der Waals surface area contributed by atoms with E-state index in [-0.39, 0.29) is 0 Å². The molecule has 0 aliphatic carbocycles. The topological polar surface area (TPSA) is 138 Å². The molecule has 2 amide bonds. The molecule has 0 aliphatic rings. The Morgan fingerprint density at radius 3 is 1.17 bits per heavy atom. The van der Waals surface area contributed by atoms with Crippen molar-refractivity contribution in [3.63, 3.8) is 0 Å². The average molecular weight is 569 g/mol. The van der Waals surface area contributed by atoms with E-state index in [1.807, 2.05) is 26.2 Å². The van der Waals surface area contributed by atoms with Gasteiger partial charge in [0.25, 0.3) is 0 Å². The smallest absolute Gasteiger partial charge is 0.396 e. The van der Waals surface area contributed by atoms with Gasteiger partial charge in [-0.3, -0.25) is 9.59 Å². The quantitative estimate of drug-likeness (QED) is 0.140. The van der Waals surface area contributed by atoms with E-state index in [1.54, 1.807) is 0 Å². The van der Waals surface area contributed by atoms with Crippen LogP contribution in [-0.2, 0) is 41.0 Å². The van der Waals surface area contributed by atoms with Gasteiger partial charge in [0.15, 0.2) is 16.6 Å². The van der Waals surface area contributed by atoms with Crippen molar-refractivity contribution in [1.29, 1.82) is 0 Å². The van der Waals surface area contributed by atoms with Crippen LogP contribution >= 0.6 is 0 Å². The van der Waals surface area contributed by atoms with E-state index >= 15 is 0 Å². The summed E-state index contributed by atoms with van der Waals surface area (Å²) in [4.78, 5) is 45.3. The molecule has 0 aromatic heterocycles. The van der Waals surface area contributed by atoms with Crippen LogP contribution in [0.4, 0.5) is 0 Å². The minimum absolute atomic E-state index is 0.375. The van der Waals surface area contributed by atoms with Crippen molar-refractivity contribution in [3.05, 3.63) is 0 Å². The van der Waals surface area contributed by atoms with E-state index in [9.17, 15) is 19.2 Å². The van der Waals surface area contributed by atoms with Gasteiger partial charge in [-0.1, -0.05) is 0 Å². The highest BCUT2D eigenvalue weighted by atomic mass is 28.5. The first-order valence-electron chi connectivity index (χ1n) is 11.7. The van der Waals surface area contributed by atoms with Crippen LogP contribution in [0, 0.1) is 0 Å². The zero-order valence-corrected chi connectivity index (χ0v) is 26.9. The highest BCUT2D eigenvalue weighted by Crippen LogP contribution is 2.27. The lowest BCUT2D eigenvalue weighted by Crippen LogP contribution is -2.56. The molecule has 35 heavy (non-hydrogen) atoms. The molecular weight excluding hydrogens is 525 g/mol. The van der Waals surface area contributed by atoms with Gasteiger partial charge in [0.2, 0.25) is 0 Å². The van der Waals surface area contributed by atoms with Gasteiger partial charge in [-0.15, -0.1) is 0 Å². The van der Waals surface area contributed by atoms with Gasteiger partial charge < -0.3 is 32.5 Å². The van der Waals surface area contributed by atoms with Gasteiger partial charge in [0.05, 0.1) is 14.2 Å². The molecule has 0 aliphatic heterocycles. The number of ether oxygens (including phenoxy) is 2. The zero-order valence-electron chi connectivity index (χ0n) is 22.9. The maximum atomic E-state index is 11.5. The predicted octanol–water partition coefficient (Wildman–Crippen LogP) is 2.21. The van der Waals surface area contributed by atoms with Gasteiger partial charge in [-0.25, -0.2) is 9.59 Å². The second kappa shape index (κ2) is 14.4. The molecule has 0 atom stereocenters. The third kappa shape index (κ3) is 15.4. The Kier molecular flexibility index (Phi) is 13.8. The summed E-state index contributed by atoms with van der Waals surface area (Å²) in [5.74, 6) is -3.28. The normalized spacial score (nSPS) is 12.6. The van der Waals surface area contributed by atoms with Crippen molar-refractivity contribution in [2.24, 2.45) is 0 Å². The second-order valence-corrected chi connectivity index (χ2v) is 26.4. The fourth-order valence-corrected chi connectivity index (χ4v) is 23.2. The Morgan fingerprint density at radius 1 is 0.571 bits per heavy atom. The van der Waals surface area contributed by atoms with Gasteiger partial charge in [-0.2, -0.15) is 0 Å². The van der Waals surface area contributed by atoms with Crippen molar-refractivity contribution in [2.75, 3.05) is 27.3 Å². The van der Waals surface area contributed by atoms with Crippen LogP contribution in [0.1, 0.15) is 12.8 Å². The highest BCUT2D eigenvalue weighted by Gasteiger charge is 2.43. The van der Waals surface area contributed by atoms with Crippen LogP contribution in [0.25, 0.3) is 0 Å². The Labute approximate surface area is 213 Å². The number of rotatable bonds is 14. The van der Waals surface area contributed by atoms with E-state index in [0.717, 1.165) is 12.1 Å². The third-order valence-electron chi connectivity index (χ3n) is 4.76. The number of hydrogen-bond donors (Lipinski definition) is 2. The molecule has 0 heterocycles. The van der Waals surface area contributed by atoms with E-state index in [2.05, 4.69) is 46.3 Å². The molecule has 0 saturated heterocycles. The third-order valence-corrected chi connectivity index (χ3v) is 20.2. The van der Waals surface area contributed by atoms with Crippen molar-refractivity contribution >= 4 is 57.5 Å². The van der Waals surface area contributed by atoms with Crippen LogP contribution < -0.4 is 10.6 Å². The van der Waals surface area contributed by atoms with Crippen LogP contribution in [0.3, 0.4) is 0 Å². The molecule has 15 heteroatoms. The number of esters is 2. The molecule has 0 saturated carbocycles. The maximum Gasteiger partial charge on any atom is 0.396 e. The zero-order chi connectivity index (χ0) is 27.5. The van der Waals surface area contributed by atoms with E-state index in [4.69, 9.17) is 12.3 Å². The van der Waals surface area contributed by atoms with Gasteiger partial charge in [0.1, 0.15) is 0 Å². The van der Waals surface area contributed by atoms with Crippen molar-refractivity contribution in [1.82, 2.24) is 10.6 Å². The lowest BCUT2D eigenvalue weighted by molar-refractivity contribution is -0.152. The summed E-state index contributed by atoms with van der Waals surface area (Å²) in [6, 6.07) is 1.60. The number of amides is 2. The second-order valence-electron chi connectivity index (χ2n) is 10.3. The molecule has 0 fully saturated rings. The molecule has 11 nitrogen and oxygen atoms in total. The first-order valence-corrected chi connectivity index (χ1v) is 23.5. The minimum Gasteiger partial charge on any atom is -0.462 e. The number of methoxy groups -OCH3 is 2. The van der Waals surface area contributed by atoms with Crippen LogP contribution in [0.5, 0.6) is 0 Å². The van der Waals surface area contributed by atoms with E-state index in [0.29, 0.717) is 25.9 Å². The standard InChI is InChI=1S/C20H44N2O9Si4/c1-27-19(25)17(23)21-13-11-15-32(3,4)29-34(7,8)31-35(9,10)30-33(5,6)16-12-14-22-18(24)20(26)28-2/h11-16H2,1-10H3,(H,21,23)(H,22,24). The molecule has 0 aromatic rings. The molecule has 0 radical (unpaired) electrons. The summed E-state index contributed by atoms with van der Waals surface area (Å²) in [5.41, 5.74) is 0. The SMILES string of the molecule is COC(=O)C(=O)NCCC[Si](C)(C)O[Si](C)(C)O[Si](C)(C)O[Si](C)(C)CCCNC(=O)C(=O)OC.